The van der Waals surface area contributed by atoms with Crippen LogP contribution in [0, 0.1) is 13.8 Å². The summed E-state index contributed by atoms with van der Waals surface area (Å²) in [5, 5.41) is 2.45. The molecular formula is C14H22N2O2. The number of benzene rings is 1. The highest BCUT2D eigenvalue weighted by Crippen LogP contribution is 2.17. The van der Waals surface area contributed by atoms with E-state index in [1.807, 2.05) is 14.0 Å². The summed E-state index contributed by atoms with van der Waals surface area (Å²) in [7, 11) is 3.56. The van der Waals surface area contributed by atoms with Crippen LogP contribution in [0.4, 0.5) is 10.5 Å². The molecule has 0 aliphatic heterocycles. The first-order valence-corrected chi connectivity index (χ1v) is 6.10. The Morgan fingerprint density at radius 2 is 1.89 bits per heavy atom. The molecule has 0 heterocycles. The van der Waals surface area contributed by atoms with Crippen molar-refractivity contribution in [2.75, 3.05) is 25.5 Å². The molecule has 0 spiro atoms. The lowest BCUT2D eigenvalue weighted by molar-refractivity contribution is 0.112. The lowest BCUT2D eigenvalue weighted by Gasteiger charge is -2.24. The minimum absolute atomic E-state index is 0.157. The van der Waals surface area contributed by atoms with Crippen molar-refractivity contribution < 1.29 is 9.53 Å². The highest BCUT2D eigenvalue weighted by atomic mass is 16.6. The van der Waals surface area contributed by atoms with Gasteiger partial charge in [0.25, 0.3) is 0 Å². The Morgan fingerprint density at radius 3 is 2.39 bits per heavy atom. The number of rotatable bonds is 4. The average Bonchev–Trinajstić information content (AvgIpc) is 2.27. The van der Waals surface area contributed by atoms with Crippen LogP contribution in [0.5, 0.6) is 0 Å². The third kappa shape index (κ3) is 4.28. The van der Waals surface area contributed by atoms with Gasteiger partial charge in [0.1, 0.15) is 6.10 Å². The van der Waals surface area contributed by atoms with Crippen molar-refractivity contribution in [1.29, 1.82) is 0 Å². The maximum atomic E-state index is 11.1. The van der Waals surface area contributed by atoms with Crippen LogP contribution in [0.3, 0.4) is 0 Å². The van der Waals surface area contributed by atoms with Crippen LogP contribution in [0.25, 0.3) is 0 Å². The number of alkyl carbamates (subject to hydrolysis) is 1. The van der Waals surface area contributed by atoms with Gasteiger partial charge in [-0.1, -0.05) is 6.07 Å². The molecule has 1 aromatic carbocycles. The molecule has 1 aromatic rings. The summed E-state index contributed by atoms with van der Waals surface area (Å²) >= 11 is 0. The van der Waals surface area contributed by atoms with E-state index in [-0.39, 0.29) is 6.10 Å². The van der Waals surface area contributed by atoms with E-state index < -0.39 is 6.09 Å². The standard InChI is InChI=1S/C14H22N2O2/c1-10-6-11(2)8-13(7-10)16(5)9-12(3)18-14(17)15-4/h6-8,12H,9H2,1-5H3,(H,15,17)/t12-/m1/s1. The van der Waals surface area contributed by atoms with E-state index in [0.29, 0.717) is 6.54 Å². The second-order valence-electron chi connectivity index (χ2n) is 4.69. The van der Waals surface area contributed by atoms with E-state index in [1.165, 1.54) is 11.1 Å². The van der Waals surface area contributed by atoms with Crippen LogP contribution < -0.4 is 10.2 Å². The molecule has 0 bridgehead atoms. The van der Waals surface area contributed by atoms with E-state index in [4.69, 9.17) is 4.74 Å². The monoisotopic (exact) mass is 250 g/mol. The first-order chi connectivity index (χ1) is 8.42. The SMILES string of the molecule is CNC(=O)O[C@H](C)CN(C)c1cc(C)cc(C)c1. The summed E-state index contributed by atoms with van der Waals surface area (Å²) < 4.78 is 5.16. The molecule has 0 radical (unpaired) electrons. The molecule has 0 aromatic heterocycles. The van der Waals surface area contributed by atoms with E-state index in [9.17, 15) is 4.79 Å². The fourth-order valence-electron chi connectivity index (χ4n) is 1.94. The Balaban J connectivity index is 2.64. The number of carbonyl (C=O) groups is 1. The minimum Gasteiger partial charge on any atom is -0.445 e. The zero-order chi connectivity index (χ0) is 13.7. The van der Waals surface area contributed by atoms with Gasteiger partial charge in [-0.3, -0.25) is 0 Å². The van der Waals surface area contributed by atoms with Crippen LogP contribution in [-0.2, 0) is 4.74 Å². The van der Waals surface area contributed by atoms with Crippen LogP contribution in [-0.4, -0.2) is 32.8 Å². The Labute approximate surface area is 109 Å². The smallest absolute Gasteiger partial charge is 0.407 e. The predicted octanol–water partition coefficient (Wildman–Crippen LogP) is 2.48. The fourth-order valence-corrected chi connectivity index (χ4v) is 1.94. The molecule has 0 saturated heterocycles. The number of nitrogens with zero attached hydrogens (tertiary/aromatic N) is 1. The highest BCUT2D eigenvalue weighted by molar-refractivity contribution is 5.66. The second-order valence-corrected chi connectivity index (χ2v) is 4.69. The molecular weight excluding hydrogens is 228 g/mol. The van der Waals surface area contributed by atoms with Crippen molar-refractivity contribution >= 4 is 11.8 Å². The van der Waals surface area contributed by atoms with Gasteiger partial charge in [0.15, 0.2) is 0 Å². The lowest BCUT2D eigenvalue weighted by Crippen LogP contribution is -2.33. The quantitative estimate of drug-likeness (QED) is 0.892. The molecule has 0 aliphatic carbocycles. The Bertz CT molecular complexity index is 398. The molecule has 0 aliphatic rings. The molecule has 4 nitrogen and oxygen atoms in total. The topological polar surface area (TPSA) is 41.6 Å². The van der Waals surface area contributed by atoms with Crippen molar-refractivity contribution in [2.24, 2.45) is 0 Å². The van der Waals surface area contributed by atoms with E-state index in [2.05, 4.69) is 42.3 Å². The molecule has 100 valence electrons. The first-order valence-electron chi connectivity index (χ1n) is 6.10. The molecule has 4 heteroatoms. The Morgan fingerprint density at radius 1 is 1.33 bits per heavy atom. The number of nitrogens with one attached hydrogen (secondary N) is 1. The molecule has 18 heavy (non-hydrogen) atoms. The highest BCUT2D eigenvalue weighted by Gasteiger charge is 2.11. The number of hydrogen-bond acceptors (Lipinski definition) is 3. The van der Waals surface area contributed by atoms with Crippen LogP contribution in [0.2, 0.25) is 0 Å². The van der Waals surface area contributed by atoms with Gasteiger partial charge in [0.05, 0.1) is 6.54 Å². The second kappa shape index (κ2) is 6.28. The number of aryl methyl sites for hydroxylation is 2. The summed E-state index contributed by atoms with van der Waals surface area (Å²) in [6, 6.07) is 6.39. The average molecular weight is 250 g/mol. The molecule has 1 amide bonds. The van der Waals surface area contributed by atoms with E-state index in [1.54, 1.807) is 7.05 Å². The van der Waals surface area contributed by atoms with Gasteiger partial charge in [-0.25, -0.2) is 4.79 Å². The number of hydrogen-bond donors (Lipinski definition) is 1. The number of ether oxygens (including phenoxy) is 1. The van der Waals surface area contributed by atoms with Gasteiger partial charge in [-0.05, 0) is 44.0 Å². The maximum absolute atomic E-state index is 11.1. The maximum Gasteiger partial charge on any atom is 0.407 e. The van der Waals surface area contributed by atoms with Gasteiger partial charge in [0, 0.05) is 19.8 Å². The fraction of sp³-hybridized carbons (Fsp3) is 0.500. The Kier molecular flexibility index (Phi) is 5.01. The normalized spacial score (nSPS) is 11.8. The van der Waals surface area contributed by atoms with Crippen molar-refractivity contribution in [3.05, 3.63) is 29.3 Å². The molecule has 0 fully saturated rings. The van der Waals surface area contributed by atoms with E-state index in [0.717, 1.165) is 5.69 Å². The van der Waals surface area contributed by atoms with Crippen LogP contribution >= 0.6 is 0 Å². The largest absolute Gasteiger partial charge is 0.445 e. The van der Waals surface area contributed by atoms with Gasteiger partial charge in [-0.15, -0.1) is 0 Å². The molecule has 1 rings (SSSR count). The number of anilines is 1. The summed E-state index contributed by atoms with van der Waals surface area (Å²) in [5.41, 5.74) is 3.60. The zero-order valence-corrected chi connectivity index (χ0v) is 11.8. The van der Waals surface area contributed by atoms with Crippen molar-refractivity contribution in [3.63, 3.8) is 0 Å². The number of carbonyl (C=O) groups excluding carboxylic acids is 1. The van der Waals surface area contributed by atoms with Crippen LogP contribution in [0.15, 0.2) is 18.2 Å². The Hall–Kier alpha value is -1.71. The number of likely N-dealkylation sites (N-methyl/N-ethyl adjacent to an activating group) is 1. The van der Waals surface area contributed by atoms with Crippen molar-refractivity contribution in [3.8, 4) is 0 Å². The summed E-state index contributed by atoms with van der Waals surface area (Å²) in [4.78, 5) is 13.2. The molecule has 1 atom stereocenters. The van der Waals surface area contributed by atoms with Crippen molar-refractivity contribution in [2.45, 2.75) is 26.9 Å². The third-order valence-corrected chi connectivity index (χ3v) is 2.69. The number of amides is 1. The summed E-state index contributed by atoms with van der Waals surface area (Å²) in [6.07, 6.45) is -0.549. The molecule has 1 N–H and O–H groups in total. The summed E-state index contributed by atoms with van der Waals surface area (Å²) in [6.45, 7) is 6.70. The van der Waals surface area contributed by atoms with Gasteiger partial charge in [-0.2, -0.15) is 0 Å². The summed E-state index contributed by atoms with van der Waals surface area (Å²) in [5.74, 6) is 0. The third-order valence-electron chi connectivity index (χ3n) is 2.69. The molecule has 0 saturated carbocycles. The minimum atomic E-state index is -0.392. The predicted molar refractivity (Wildman–Crippen MR) is 74.2 cm³/mol. The van der Waals surface area contributed by atoms with Crippen LogP contribution in [0.1, 0.15) is 18.1 Å². The zero-order valence-electron chi connectivity index (χ0n) is 11.8. The van der Waals surface area contributed by atoms with E-state index >= 15 is 0 Å². The molecule has 0 unspecified atom stereocenters. The van der Waals surface area contributed by atoms with Gasteiger partial charge >= 0.3 is 6.09 Å². The lowest BCUT2D eigenvalue weighted by atomic mass is 10.1. The van der Waals surface area contributed by atoms with Gasteiger partial charge in [0.2, 0.25) is 0 Å². The first kappa shape index (κ1) is 14.4. The van der Waals surface area contributed by atoms with Crippen molar-refractivity contribution in [1.82, 2.24) is 5.32 Å². The van der Waals surface area contributed by atoms with Gasteiger partial charge < -0.3 is 15.0 Å².